The first kappa shape index (κ1) is 61.7. The van der Waals surface area contributed by atoms with Gasteiger partial charge in [-0.25, -0.2) is 0 Å². The SMILES string of the molecule is OCC1O[C@@H]2O[C@@H]3C(CO)O[C@H](O[C@@H]4C(CO)O[C@H](O[C@@H]5C(CO)O[C@H](O[C@@H]6C(CO)O[C@H](O[C@@H]7C(CO)O[C@H](O[C@@H]8C(CO)O[C@H](O[C@H]1C(O)[C@H]2O)C(O)[C@H]8O)C(O)[C@H]7O)C(O)[C@H]6O)C(O)[C@H]5O)[C@H](O)C4O)[C@H](O)C3O. The number of hydrogen-bond acceptors (Lipinski definition) is 35. The Bertz CT molecular complexity index is 1470. The number of ether oxygens (including phenoxy) is 14. The summed E-state index contributed by atoms with van der Waals surface area (Å²) in [7, 11) is 0. The molecule has 0 radical (unpaired) electrons. The molecule has 21 aliphatic rings. The lowest BCUT2D eigenvalue weighted by Crippen LogP contribution is -2.68. The van der Waals surface area contributed by atoms with Gasteiger partial charge in [-0.1, -0.05) is 0 Å². The molecule has 35 heteroatoms. The fourth-order valence-corrected chi connectivity index (χ4v) is 10.4. The Morgan fingerprint density at radius 2 is 0.260 bits per heavy atom. The monoisotopic (exact) mass is 1130 g/mol. The standard InChI is InChI=1S/C42H70O35/c43-1-8-29-15(50)22(57)36(64-8)72-30-9(2-44)66-38(24(59)17(30)52)74-32-11(4-46)68-40(26(61)19(32)54)76-34-13(6-48)70-42(28(63)21(34)56)77-35-14(7-49)69-41(27(62)20(35)55)75-33-12(5-47)67-39(25(60)18(33)53)73-31-10(3-45)65-37(71-29)23(58)16(31)51/h8-63H,1-7H2/t8?,9?,10?,11?,12?,13?,14?,15-,16-,17-,18-,19?,20?,21?,22?,23?,24?,25?,26-,27-,28-,29-,30-,31-,32-,33-,34-,35-,36-,37-,38-,39-,40-,41-,42-/m1/s1. The fraction of sp³-hybridized carbons (Fsp3) is 1.00. The van der Waals surface area contributed by atoms with Crippen molar-refractivity contribution in [3.05, 3.63) is 0 Å². The van der Waals surface area contributed by atoms with Gasteiger partial charge in [-0.3, -0.25) is 0 Å². The topological polar surface area (TPSA) is 554 Å². The molecule has 0 aromatic carbocycles. The predicted molar refractivity (Wildman–Crippen MR) is 228 cm³/mol. The third kappa shape index (κ3) is 12.1. The van der Waals surface area contributed by atoms with Crippen molar-refractivity contribution in [2.24, 2.45) is 0 Å². The van der Waals surface area contributed by atoms with Gasteiger partial charge in [0.15, 0.2) is 44.0 Å². The third-order valence-electron chi connectivity index (χ3n) is 14.8. The highest BCUT2D eigenvalue weighted by molar-refractivity contribution is 5.01. The fourth-order valence-electron chi connectivity index (χ4n) is 10.4. The number of hydrogen-bond donors (Lipinski definition) is 21. The summed E-state index contributed by atoms with van der Waals surface area (Å²) in [5.41, 5.74) is 0. The van der Waals surface area contributed by atoms with Crippen LogP contribution in [0.5, 0.6) is 0 Å². The molecule has 0 amide bonds. The lowest BCUT2D eigenvalue weighted by molar-refractivity contribution is -0.396. The predicted octanol–water partition coefficient (Wildman–Crippen LogP) is -15.2. The van der Waals surface area contributed by atoms with Gasteiger partial charge < -0.3 is 174 Å². The molecular weight excluding hydrogens is 1060 g/mol. The van der Waals surface area contributed by atoms with E-state index in [1.165, 1.54) is 0 Å². The summed E-state index contributed by atoms with van der Waals surface area (Å²) in [5, 5.41) is 230. The average Bonchev–Trinajstić information content (AvgIpc) is 3.47. The maximum atomic E-state index is 11.3. The lowest BCUT2D eigenvalue weighted by atomic mass is 9.95. The Labute approximate surface area is 434 Å². The zero-order valence-electron chi connectivity index (χ0n) is 40.3. The lowest BCUT2D eigenvalue weighted by Gasteiger charge is -2.50. The zero-order valence-corrected chi connectivity index (χ0v) is 40.3. The molecule has 21 N–H and O–H groups in total. The molecule has 35 nitrogen and oxygen atoms in total. The van der Waals surface area contributed by atoms with Gasteiger partial charge >= 0.3 is 0 Å². The van der Waals surface area contributed by atoms with Gasteiger partial charge in [0.05, 0.1) is 46.2 Å². The largest absolute Gasteiger partial charge is 0.394 e. The molecule has 21 heterocycles. The van der Waals surface area contributed by atoms with Gasteiger partial charge in [-0.05, 0) is 0 Å². The molecule has 21 fully saturated rings. The summed E-state index contributed by atoms with van der Waals surface area (Å²) in [4.78, 5) is 0. The summed E-state index contributed by atoms with van der Waals surface area (Å²) >= 11 is 0. The molecule has 21 aliphatic heterocycles. The zero-order chi connectivity index (χ0) is 56.1. The summed E-state index contributed by atoms with van der Waals surface area (Å²) in [6.45, 7) is -7.33. The van der Waals surface area contributed by atoms with E-state index >= 15 is 0 Å². The quantitative estimate of drug-likeness (QED) is 0.113. The second-order valence-electron chi connectivity index (χ2n) is 19.7. The summed E-state index contributed by atoms with van der Waals surface area (Å²) < 4.78 is 79.5. The minimum absolute atomic E-state index is 1.05. The van der Waals surface area contributed by atoms with Crippen LogP contribution in [0.4, 0.5) is 0 Å². The first-order valence-corrected chi connectivity index (χ1v) is 24.6. The van der Waals surface area contributed by atoms with Crippen molar-refractivity contribution in [3.63, 3.8) is 0 Å². The number of aliphatic hydroxyl groups excluding tert-OH is 21. The minimum Gasteiger partial charge on any atom is -0.394 e. The Kier molecular flexibility index (Phi) is 20.8. The first-order chi connectivity index (χ1) is 36.7. The minimum atomic E-state index is -2.21. The van der Waals surface area contributed by atoms with Crippen LogP contribution in [0.3, 0.4) is 0 Å². The molecule has 77 heavy (non-hydrogen) atoms. The van der Waals surface area contributed by atoms with E-state index in [0.29, 0.717) is 0 Å². The molecule has 14 bridgehead atoms. The van der Waals surface area contributed by atoms with Crippen LogP contribution in [-0.2, 0) is 66.3 Å². The van der Waals surface area contributed by atoms with E-state index in [9.17, 15) is 107 Å². The molecule has 14 unspecified atom stereocenters. The normalized spacial score (nSPS) is 55.4. The maximum Gasteiger partial charge on any atom is 0.187 e. The third-order valence-corrected chi connectivity index (χ3v) is 14.8. The second kappa shape index (κ2) is 26.0. The summed E-state index contributed by atoms with van der Waals surface area (Å²) in [6.07, 6.45) is -70.2. The van der Waals surface area contributed by atoms with Crippen LogP contribution in [0.2, 0.25) is 0 Å². The van der Waals surface area contributed by atoms with E-state index in [1.807, 2.05) is 0 Å². The van der Waals surface area contributed by atoms with E-state index in [4.69, 9.17) is 66.3 Å². The smallest absolute Gasteiger partial charge is 0.187 e. The molecule has 21 rings (SSSR count). The van der Waals surface area contributed by atoms with E-state index in [1.54, 1.807) is 0 Å². The summed E-state index contributed by atoms with van der Waals surface area (Å²) in [5.74, 6) is 0. The number of aliphatic hydroxyl groups is 21. The molecule has 0 aliphatic carbocycles. The Hall–Kier alpha value is -1.40. The van der Waals surface area contributed by atoms with Gasteiger partial charge in [0.1, 0.15) is 171 Å². The first-order valence-electron chi connectivity index (χ1n) is 24.6. The second-order valence-corrected chi connectivity index (χ2v) is 19.7. The molecule has 0 saturated carbocycles. The van der Waals surface area contributed by atoms with Gasteiger partial charge in [0.2, 0.25) is 0 Å². The van der Waals surface area contributed by atoms with Crippen LogP contribution >= 0.6 is 0 Å². The molecule has 0 spiro atoms. The van der Waals surface area contributed by atoms with Crippen molar-refractivity contribution < 1.29 is 174 Å². The molecule has 448 valence electrons. The van der Waals surface area contributed by atoms with E-state index in [-0.39, 0.29) is 0 Å². The molecular formula is C42H70O35. The summed E-state index contributed by atoms with van der Waals surface area (Å²) in [6, 6.07) is 0. The molecule has 0 aromatic heterocycles. The van der Waals surface area contributed by atoms with Crippen LogP contribution in [0.1, 0.15) is 0 Å². The van der Waals surface area contributed by atoms with Crippen LogP contribution < -0.4 is 0 Å². The van der Waals surface area contributed by atoms with Gasteiger partial charge in [-0.15, -0.1) is 0 Å². The number of rotatable bonds is 7. The van der Waals surface area contributed by atoms with Crippen molar-refractivity contribution in [2.75, 3.05) is 46.2 Å². The molecule has 0 aromatic rings. The highest BCUT2D eigenvalue weighted by Gasteiger charge is 2.59. The van der Waals surface area contributed by atoms with Crippen LogP contribution in [0.25, 0.3) is 0 Å². The van der Waals surface area contributed by atoms with Crippen LogP contribution in [-0.4, -0.2) is 368 Å². The Morgan fingerprint density at radius 1 is 0.156 bits per heavy atom. The van der Waals surface area contributed by atoms with Crippen molar-refractivity contribution >= 4 is 0 Å². The van der Waals surface area contributed by atoms with Crippen molar-refractivity contribution in [1.82, 2.24) is 0 Å². The maximum absolute atomic E-state index is 11.3. The van der Waals surface area contributed by atoms with Gasteiger partial charge in [0, 0.05) is 0 Å². The Morgan fingerprint density at radius 3 is 0.351 bits per heavy atom. The van der Waals surface area contributed by atoms with E-state index in [0.717, 1.165) is 0 Å². The highest BCUT2D eigenvalue weighted by atomic mass is 16.8. The molecule has 21 saturated heterocycles. The Balaban J connectivity index is 1.08. The van der Waals surface area contributed by atoms with Crippen molar-refractivity contribution in [2.45, 2.75) is 215 Å². The molecule has 35 atom stereocenters. The van der Waals surface area contributed by atoms with Crippen molar-refractivity contribution in [3.8, 4) is 0 Å². The van der Waals surface area contributed by atoms with E-state index < -0.39 is 261 Å². The van der Waals surface area contributed by atoms with E-state index in [2.05, 4.69) is 0 Å². The van der Waals surface area contributed by atoms with Gasteiger partial charge in [-0.2, -0.15) is 0 Å². The highest BCUT2D eigenvalue weighted by Crippen LogP contribution is 2.39. The van der Waals surface area contributed by atoms with Crippen LogP contribution in [0, 0.1) is 0 Å². The van der Waals surface area contributed by atoms with Gasteiger partial charge in [0.25, 0.3) is 0 Å². The average molecular weight is 1130 g/mol. The van der Waals surface area contributed by atoms with Crippen LogP contribution in [0.15, 0.2) is 0 Å². The van der Waals surface area contributed by atoms with Crippen molar-refractivity contribution in [1.29, 1.82) is 0 Å².